The molecule has 2 heterocycles. The summed E-state index contributed by atoms with van der Waals surface area (Å²) in [7, 11) is 3.25. The highest BCUT2D eigenvalue weighted by Crippen LogP contribution is 2.34. The molecular formula is C15H25N3O4. The van der Waals surface area contributed by atoms with E-state index in [9.17, 15) is 9.90 Å². The predicted octanol–water partition coefficient (Wildman–Crippen LogP) is 1.19. The van der Waals surface area contributed by atoms with Gasteiger partial charge >= 0.3 is 5.97 Å². The molecule has 22 heavy (non-hydrogen) atoms. The summed E-state index contributed by atoms with van der Waals surface area (Å²) in [5, 5.41) is 9.68. The fourth-order valence-electron chi connectivity index (χ4n) is 3.09. The van der Waals surface area contributed by atoms with Crippen molar-refractivity contribution < 1.29 is 19.4 Å². The first-order valence-corrected chi connectivity index (χ1v) is 7.55. The van der Waals surface area contributed by atoms with Gasteiger partial charge in [0, 0.05) is 39.8 Å². The van der Waals surface area contributed by atoms with Crippen LogP contribution in [0.5, 0.6) is 0 Å². The quantitative estimate of drug-likeness (QED) is 0.777. The summed E-state index contributed by atoms with van der Waals surface area (Å²) < 4.78 is 12.2. The SMILES string of the molecule is COCC[C@@]1(C(=O)O)CCCN(Cc2nccn2COC)C1. The van der Waals surface area contributed by atoms with Crippen molar-refractivity contribution in [2.45, 2.75) is 32.5 Å². The van der Waals surface area contributed by atoms with Crippen molar-refractivity contribution in [3.8, 4) is 0 Å². The highest BCUT2D eigenvalue weighted by molar-refractivity contribution is 5.75. The van der Waals surface area contributed by atoms with E-state index in [4.69, 9.17) is 9.47 Å². The molecule has 1 aliphatic heterocycles. The summed E-state index contributed by atoms with van der Waals surface area (Å²) >= 11 is 0. The Balaban J connectivity index is 2.05. The molecule has 0 aromatic carbocycles. The van der Waals surface area contributed by atoms with Gasteiger partial charge in [-0.05, 0) is 25.8 Å². The molecule has 0 saturated carbocycles. The normalized spacial score (nSPS) is 22.8. The Labute approximate surface area is 130 Å². The molecule has 1 aromatic rings. The van der Waals surface area contributed by atoms with Gasteiger partial charge in [0.15, 0.2) is 0 Å². The molecule has 7 nitrogen and oxygen atoms in total. The summed E-state index contributed by atoms with van der Waals surface area (Å²) in [5.74, 6) is 0.171. The van der Waals surface area contributed by atoms with E-state index in [1.165, 1.54) is 0 Å². The van der Waals surface area contributed by atoms with E-state index in [1.54, 1.807) is 20.4 Å². The minimum atomic E-state index is -0.727. The Morgan fingerprint density at radius 3 is 2.95 bits per heavy atom. The number of aliphatic carboxylic acids is 1. The summed E-state index contributed by atoms with van der Waals surface area (Å²) in [6.45, 7) is 2.99. The third-order valence-electron chi connectivity index (χ3n) is 4.33. The number of nitrogens with zero attached hydrogens (tertiary/aromatic N) is 3. The van der Waals surface area contributed by atoms with Gasteiger partial charge in [0.2, 0.25) is 0 Å². The number of hydrogen-bond donors (Lipinski definition) is 1. The number of rotatable bonds is 8. The van der Waals surface area contributed by atoms with Crippen molar-refractivity contribution in [2.24, 2.45) is 5.41 Å². The van der Waals surface area contributed by atoms with E-state index in [-0.39, 0.29) is 0 Å². The lowest BCUT2D eigenvalue weighted by Crippen LogP contribution is -2.48. The van der Waals surface area contributed by atoms with Crippen molar-refractivity contribution >= 4 is 5.97 Å². The molecule has 1 fully saturated rings. The van der Waals surface area contributed by atoms with E-state index in [0.29, 0.717) is 39.3 Å². The van der Waals surface area contributed by atoms with Crippen LogP contribution in [0.4, 0.5) is 0 Å². The number of likely N-dealkylation sites (tertiary alicyclic amines) is 1. The second-order valence-corrected chi connectivity index (χ2v) is 5.87. The Kier molecular flexibility index (Phi) is 5.93. The molecule has 2 rings (SSSR count). The molecule has 1 aromatic heterocycles. The number of carbonyl (C=O) groups is 1. The van der Waals surface area contributed by atoms with Crippen molar-refractivity contribution in [1.82, 2.24) is 14.5 Å². The lowest BCUT2D eigenvalue weighted by Gasteiger charge is -2.39. The van der Waals surface area contributed by atoms with E-state index >= 15 is 0 Å². The zero-order chi connectivity index (χ0) is 16.0. The minimum Gasteiger partial charge on any atom is -0.481 e. The summed E-state index contributed by atoms with van der Waals surface area (Å²) in [6, 6.07) is 0. The highest BCUT2D eigenvalue weighted by Gasteiger charge is 2.42. The fourth-order valence-corrected chi connectivity index (χ4v) is 3.09. The first-order valence-electron chi connectivity index (χ1n) is 7.55. The van der Waals surface area contributed by atoms with Crippen molar-refractivity contribution in [2.75, 3.05) is 33.9 Å². The predicted molar refractivity (Wildman–Crippen MR) is 80.3 cm³/mol. The van der Waals surface area contributed by atoms with Gasteiger partial charge in [0.1, 0.15) is 12.6 Å². The van der Waals surface area contributed by atoms with Gasteiger partial charge in [0.05, 0.1) is 12.0 Å². The highest BCUT2D eigenvalue weighted by atomic mass is 16.5. The van der Waals surface area contributed by atoms with Crippen LogP contribution in [-0.4, -0.2) is 59.4 Å². The molecule has 1 saturated heterocycles. The van der Waals surface area contributed by atoms with Gasteiger partial charge in [0.25, 0.3) is 0 Å². The molecule has 0 radical (unpaired) electrons. The van der Waals surface area contributed by atoms with Gasteiger partial charge < -0.3 is 19.1 Å². The number of methoxy groups -OCH3 is 2. The maximum atomic E-state index is 11.8. The molecule has 1 aliphatic rings. The molecule has 0 aliphatic carbocycles. The second-order valence-electron chi connectivity index (χ2n) is 5.87. The number of ether oxygens (including phenoxy) is 2. The third-order valence-corrected chi connectivity index (χ3v) is 4.33. The zero-order valence-electron chi connectivity index (χ0n) is 13.3. The van der Waals surface area contributed by atoms with Crippen LogP contribution < -0.4 is 0 Å². The monoisotopic (exact) mass is 311 g/mol. The molecule has 124 valence electrons. The molecule has 7 heteroatoms. The first-order chi connectivity index (χ1) is 10.6. The number of hydrogen-bond acceptors (Lipinski definition) is 5. The van der Waals surface area contributed by atoms with Gasteiger partial charge in [-0.25, -0.2) is 4.98 Å². The molecule has 0 bridgehead atoms. The van der Waals surface area contributed by atoms with Gasteiger partial charge in [-0.1, -0.05) is 0 Å². The molecule has 0 unspecified atom stereocenters. The van der Waals surface area contributed by atoms with Crippen LogP contribution in [0.25, 0.3) is 0 Å². The van der Waals surface area contributed by atoms with Gasteiger partial charge in [-0.15, -0.1) is 0 Å². The van der Waals surface area contributed by atoms with E-state index in [0.717, 1.165) is 18.8 Å². The largest absolute Gasteiger partial charge is 0.481 e. The number of carboxylic acids is 1. The van der Waals surface area contributed by atoms with Crippen LogP contribution in [0, 0.1) is 5.41 Å². The summed E-state index contributed by atoms with van der Waals surface area (Å²) in [6.07, 6.45) is 5.74. The topological polar surface area (TPSA) is 76.8 Å². The molecule has 1 N–H and O–H groups in total. The van der Waals surface area contributed by atoms with Crippen molar-refractivity contribution in [3.05, 3.63) is 18.2 Å². The summed E-state index contributed by atoms with van der Waals surface area (Å²) in [5.41, 5.74) is -0.715. The molecule has 0 spiro atoms. The van der Waals surface area contributed by atoms with Crippen LogP contribution >= 0.6 is 0 Å². The summed E-state index contributed by atoms with van der Waals surface area (Å²) in [4.78, 5) is 18.3. The molecule has 1 atom stereocenters. The number of imidazole rings is 1. The first kappa shape index (κ1) is 16.9. The Bertz CT molecular complexity index is 491. The smallest absolute Gasteiger partial charge is 0.311 e. The van der Waals surface area contributed by atoms with Crippen LogP contribution in [-0.2, 0) is 27.5 Å². The molecule has 0 amide bonds. The van der Waals surface area contributed by atoms with E-state index in [1.807, 2.05) is 10.8 Å². The zero-order valence-corrected chi connectivity index (χ0v) is 13.3. The van der Waals surface area contributed by atoms with Gasteiger partial charge in [-0.3, -0.25) is 9.69 Å². The van der Waals surface area contributed by atoms with Crippen LogP contribution in [0.3, 0.4) is 0 Å². The second kappa shape index (κ2) is 7.71. The van der Waals surface area contributed by atoms with E-state index < -0.39 is 11.4 Å². The maximum absolute atomic E-state index is 11.8. The Morgan fingerprint density at radius 2 is 2.27 bits per heavy atom. The lowest BCUT2D eigenvalue weighted by molar-refractivity contribution is -0.154. The number of aromatic nitrogens is 2. The number of carboxylic acid groups (broad SMARTS) is 1. The van der Waals surface area contributed by atoms with E-state index in [2.05, 4.69) is 9.88 Å². The fraction of sp³-hybridized carbons (Fsp3) is 0.733. The maximum Gasteiger partial charge on any atom is 0.311 e. The standard InChI is InChI=1S/C15H25N3O4/c1-21-9-5-15(14(19)20)4-3-7-17(11-15)10-13-16-6-8-18(13)12-22-2/h6,8H,3-5,7,9-12H2,1-2H3,(H,19,20)/t15-/m0/s1. The Morgan fingerprint density at radius 1 is 1.45 bits per heavy atom. The Hall–Kier alpha value is -1.44. The van der Waals surface area contributed by atoms with Crippen LogP contribution in [0.1, 0.15) is 25.1 Å². The van der Waals surface area contributed by atoms with Crippen LogP contribution in [0.2, 0.25) is 0 Å². The van der Waals surface area contributed by atoms with Crippen molar-refractivity contribution in [3.63, 3.8) is 0 Å². The molecular weight excluding hydrogens is 286 g/mol. The third kappa shape index (κ3) is 3.85. The van der Waals surface area contributed by atoms with Gasteiger partial charge in [-0.2, -0.15) is 0 Å². The van der Waals surface area contributed by atoms with Crippen LogP contribution in [0.15, 0.2) is 12.4 Å². The number of piperidine rings is 1. The average Bonchev–Trinajstić information content (AvgIpc) is 2.93. The lowest BCUT2D eigenvalue weighted by atomic mass is 9.77. The average molecular weight is 311 g/mol. The van der Waals surface area contributed by atoms with Crippen molar-refractivity contribution in [1.29, 1.82) is 0 Å². The minimum absolute atomic E-state index is 0.455.